The van der Waals surface area contributed by atoms with Crippen LogP contribution in [-0.4, -0.2) is 41.0 Å². The summed E-state index contributed by atoms with van der Waals surface area (Å²) in [5.41, 5.74) is 0. The SMILES string of the molecule is CC/C=C\C/C=C\C/C=C\CCCCCCCC(=O)OC[C@H](COP(=O)(O)O)OC(=O)CCCCCCCCCCC/C=C\C/C=C\CCCCC. The van der Waals surface area contributed by atoms with E-state index in [9.17, 15) is 14.2 Å². The third kappa shape index (κ3) is 40.5. The summed E-state index contributed by atoms with van der Waals surface area (Å²) in [6, 6.07) is 0. The number of unbranched alkanes of at least 4 members (excludes halogenated alkanes) is 17. The van der Waals surface area contributed by atoms with Crippen LogP contribution in [0.5, 0.6) is 0 Å². The molecule has 1 atom stereocenters. The number of rotatable bonds is 37. The van der Waals surface area contributed by atoms with Gasteiger partial charge in [0.2, 0.25) is 0 Å². The molecule has 9 heteroatoms. The molecule has 0 aliphatic heterocycles. The Kier molecular flexibility index (Phi) is 36.8. The molecule has 300 valence electrons. The van der Waals surface area contributed by atoms with Gasteiger partial charge in [-0.05, 0) is 77.0 Å². The first-order valence-electron chi connectivity index (χ1n) is 20.6. The van der Waals surface area contributed by atoms with Gasteiger partial charge < -0.3 is 19.3 Å². The molecule has 0 unspecified atom stereocenters. The van der Waals surface area contributed by atoms with Crippen molar-refractivity contribution in [1.29, 1.82) is 0 Å². The fourth-order valence-corrected chi connectivity index (χ4v) is 5.84. The zero-order valence-corrected chi connectivity index (χ0v) is 33.8. The summed E-state index contributed by atoms with van der Waals surface area (Å²) in [6.07, 6.45) is 47.9. The highest BCUT2D eigenvalue weighted by Crippen LogP contribution is 2.36. The highest BCUT2D eigenvalue weighted by atomic mass is 31.2. The van der Waals surface area contributed by atoms with Gasteiger partial charge in [0.1, 0.15) is 6.61 Å². The molecule has 2 N–H and O–H groups in total. The third-order valence-electron chi connectivity index (χ3n) is 8.52. The molecule has 8 nitrogen and oxygen atoms in total. The minimum atomic E-state index is -4.76. The first-order valence-corrected chi connectivity index (χ1v) is 22.1. The zero-order chi connectivity index (χ0) is 38.2. The molecule has 0 saturated heterocycles. The highest BCUT2D eigenvalue weighted by Gasteiger charge is 2.22. The van der Waals surface area contributed by atoms with E-state index in [0.29, 0.717) is 12.8 Å². The van der Waals surface area contributed by atoms with Gasteiger partial charge in [-0.2, -0.15) is 0 Å². The van der Waals surface area contributed by atoms with Crippen LogP contribution in [-0.2, 0) is 28.2 Å². The number of ether oxygens (including phenoxy) is 2. The molecule has 0 heterocycles. The Morgan fingerprint density at radius 1 is 0.519 bits per heavy atom. The molecule has 0 bridgehead atoms. The molecule has 0 rings (SSSR count). The number of allylic oxidation sites excluding steroid dienone is 10. The van der Waals surface area contributed by atoms with Crippen molar-refractivity contribution in [3.8, 4) is 0 Å². The summed E-state index contributed by atoms with van der Waals surface area (Å²) >= 11 is 0. The van der Waals surface area contributed by atoms with Crippen LogP contribution in [0.1, 0.15) is 181 Å². The summed E-state index contributed by atoms with van der Waals surface area (Å²) in [7, 11) is -4.76. The third-order valence-corrected chi connectivity index (χ3v) is 9.01. The number of phosphoric ester groups is 1. The van der Waals surface area contributed by atoms with Gasteiger partial charge in [-0.1, -0.05) is 152 Å². The summed E-state index contributed by atoms with van der Waals surface area (Å²) < 4.78 is 26.4. The molecule has 0 spiro atoms. The lowest BCUT2D eigenvalue weighted by Gasteiger charge is -2.18. The van der Waals surface area contributed by atoms with Crippen LogP contribution in [0.2, 0.25) is 0 Å². The number of carbonyl (C=O) groups is 2. The van der Waals surface area contributed by atoms with E-state index in [2.05, 4.69) is 79.1 Å². The molecule has 0 radical (unpaired) electrons. The number of phosphoric acid groups is 1. The van der Waals surface area contributed by atoms with Gasteiger partial charge in [0, 0.05) is 12.8 Å². The fraction of sp³-hybridized carbons (Fsp3) is 0.721. The summed E-state index contributed by atoms with van der Waals surface area (Å²) in [4.78, 5) is 42.8. The monoisotopic (exact) mass is 751 g/mol. The molecular weight excluding hydrogens is 675 g/mol. The molecule has 0 amide bonds. The van der Waals surface area contributed by atoms with Crippen molar-refractivity contribution >= 4 is 19.8 Å². The Balaban J connectivity index is 3.95. The van der Waals surface area contributed by atoms with Crippen molar-refractivity contribution in [1.82, 2.24) is 0 Å². The molecule has 0 aliphatic carbocycles. The number of hydrogen-bond acceptors (Lipinski definition) is 6. The molecule has 0 aliphatic rings. The van der Waals surface area contributed by atoms with E-state index in [1.807, 2.05) is 0 Å². The van der Waals surface area contributed by atoms with E-state index >= 15 is 0 Å². The van der Waals surface area contributed by atoms with Gasteiger partial charge in [0.15, 0.2) is 6.10 Å². The van der Waals surface area contributed by atoms with Gasteiger partial charge in [-0.3, -0.25) is 14.1 Å². The lowest BCUT2D eigenvalue weighted by molar-refractivity contribution is -0.161. The van der Waals surface area contributed by atoms with Gasteiger partial charge in [-0.25, -0.2) is 4.57 Å². The Bertz CT molecular complexity index is 1030. The van der Waals surface area contributed by atoms with Crippen molar-refractivity contribution < 1.29 is 37.9 Å². The van der Waals surface area contributed by atoms with E-state index in [-0.39, 0.29) is 19.4 Å². The van der Waals surface area contributed by atoms with E-state index < -0.39 is 32.5 Å². The fourth-order valence-electron chi connectivity index (χ4n) is 5.48. The number of esters is 2. The normalized spacial score (nSPS) is 13.1. The highest BCUT2D eigenvalue weighted by molar-refractivity contribution is 7.46. The zero-order valence-electron chi connectivity index (χ0n) is 32.9. The lowest BCUT2D eigenvalue weighted by Crippen LogP contribution is -2.29. The van der Waals surface area contributed by atoms with Gasteiger partial charge in [0.25, 0.3) is 0 Å². The van der Waals surface area contributed by atoms with Crippen molar-refractivity contribution in [2.75, 3.05) is 13.2 Å². The Labute approximate surface area is 317 Å². The van der Waals surface area contributed by atoms with Crippen LogP contribution in [0, 0.1) is 0 Å². The van der Waals surface area contributed by atoms with Gasteiger partial charge in [0.05, 0.1) is 6.61 Å². The largest absolute Gasteiger partial charge is 0.469 e. The summed E-state index contributed by atoms with van der Waals surface area (Å²) in [5.74, 6) is -0.912. The Morgan fingerprint density at radius 3 is 1.38 bits per heavy atom. The van der Waals surface area contributed by atoms with Crippen LogP contribution in [0.4, 0.5) is 0 Å². The summed E-state index contributed by atoms with van der Waals surface area (Å²) in [5, 5.41) is 0. The van der Waals surface area contributed by atoms with Crippen molar-refractivity contribution in [2.24, 2.45) is 0 Å². The second kappa shape index (κ2) is 38.5. The first kappa shape index (κ1) is 49.8. The van der Waals surface area contributed by atoms with Gasteiger partial charge >= 0.3 is 19.8 Å². The van der Waals surface area contributed by atoms with E-state index in [4.69, 9.17) is 19.3 Å². The predicted octanol–water partition coefficient (Wildman–Crippen LogP) is 12.5. The topological polar surface area (TPSA) is 119 Å². The van der Waals surface area contributed by atoms with E-state index in [1.54, 1.807) is 0 Å². The first-order chi connectivity index (χ1) is 25.3. The maximum absolute atomic E-state index is 12.4. The Morgan fingerprint density at radius 2 is 0.923 bits per heavy atom. The van der Waals surface area contributed by atoms with Crippen LogP contribution in [0.25, 0.3) is 0 Å². The number of carbonyl (C=O) groups excluding carboxylic acids is 2. The van der Waals surface area contributed by atoms with E-state index in [1.165, 1.54) is 57.8 Å². The quantitative estimate of drug-likeness (QED) is 0.0279. The van der Waals surface area contributed by atoms with Crippen LogP contribution >= 0.6 is 7.82 Å². The predicted molar refractivity (Wildman–Crippen MR) is 216 cm³/mol. The molecule has 52 heavy (non-hydrogen) atoms. The molecule has 0 aromatic heterocycles. The molecule has 0 aromatic rings. The van der Waals surface area contributed by atoms with Crippen LogP contribution < -0.4 is 0 Å². The molecular formula is C43H75O8P. The molecule has 0 aromatic carbocycles. The minimum absolute atomic E-state index is 0.201. The maximum atomic E-state index is 12.4. The minimum Gasteiger partial charge on any atom is -0.462 e. The molecule has 0 fully saturated rings. The smallest absolute Gasteiger partial charge is 0.462 e. The lowest BCUT2D eigenvalue weighted by atomic mass is 10.1. The molecule has 0 saturated carbocycles. The van der Waals surface area contributed by atoms with E-state index in [0.717, 1.165) is 83.5 Å². The van der Waals surface area contributed by atoms with Crippen molar-refractivity contribution in [2.45, 2.75) is 187 Å². The second-order valence-corrected chi connectivity index (χ2v) is 14.8. The average Bonchev–Trinajstić information content (AvgIpc) is 3.11. The second-order valence-electron chi connectivity index (χ2n) is 13.6. The van der Waals surface area contributed by atoms with Gasteiger partial charge in [-0.15, -0.1) is 0 Å². The average molecular weight is 751 g/mol. The summed E-state index contributed by atoms with van der Waals surface area (Å²) in [6.45, 7) is 3.53. The van der Waals surface area contributed by atoms with Crippen molar-refractivity contribution in [3.63, 3.8) is 0 Å². The van der Waals surface area contributed by atoms with Crippen LogP contribution in [0.3, 0.4) is 0 Å². The van der Waals surface area contributed by atoms with Crippen molar-refractivity contribution in [3.05, 3.63) is 60.8 Å². The standard InChI is InChI=1S/C43H75O8P/c1-3-5-7-9-11-13-15-17-19-20-21-22-24-26-28-30-32-34-36-38-43(45)51-41(40-50-52(46,47)48)39-49-42(44)37-35-33-31-29-27-25-23-18-16-14-12-10-8-6-4-2/h6,8,11-14,17-19,23,41H,3-5,7,9-10,15-16,20-22,24-40H2,1-2H3,(H2,46,47,48)/b8-6-,13-11-,14-12-,19-17-,23-18-/t41-/m1/s1. The number of hydrogen-bond donors (Lipinski definition) is 2. The van der Waals surface area contributed by atoms with Crippen LogP contribution in [0.15, 0.2) is 60.8 Å². The maximum Gasteiger partial charge on any atom is 0.469 e. The Hall–Kier alpha value is -2.25.